The van der Waals surface area contributed by atoms with Gasteiger partial charge in [0.1, 0.15) is 0 Å². The summed E-state index contributed by atoms with van der Waals surface area (Å²) in [6.45, 7) is 8.17. The van der Waals surface area contributed by atoms with E-state index < -0.39 is 23.8 Å². The standard InChI is InChI=1S/C52H104N4O6.ClH/c1-7-10-13-16-19-22-25-28-31-34-37-40-43-53-49(57)60-46-52(56(4,5)6,47-61-50(58)54-44-41-38-35-32-29-26-23-20-17-14-11-8-2)48-62-51(59)55-45-42-39-36-33-30-27-24-21-18-15-12-9-3;/h7-48H2,1-6H3,(H2-,53,54,55,57,58,59);1H. The minimum absolute atomic E-state index is 0. The number of alkyl carbamates (subject to hydrolysis) is 3. The summed E-state index contributed by atoms with van der Waals surface area (Å²) in [5, 5.41) is 8.70. The maximum absolute atomic E-state index is 12.9. The van der Waals surface area contributed by atoms with Gasteiger partial charge in [0.2, 0.25) is 5.54 Å². The number of likely N-dealkylation sites (N-methyl/N-ethyl adjacent to an activating group) is 1. The van der Waals surface area contributed by atoms with Gasteiger partial charge in [-0.05, 0) is 19.3 Å². The van der Waals surface area contributed by atoms with Gasteiger partial charge >= 0.3 is 18.3 Å². The second kappa shape index (κ2) is 46.6. The maximum atomic E-state index is 12.9. The molecule has 11 heteroatoms. The molecule has 10 nitrogen and oxygen atoms in total. The van der Waals surface area contributed by atoms with Crippen LogP contribution in [-0.4, -0.2) is 88.9 Å². The number of rotatable bonds is 46. The first-order valence-corrected chi connectivity index (χ1v) is 26.6. The summed E-state index contributed by atoms with van der Waals surface area (Å²) in [5.74, 6) is 0. The Morgan fingerprint density at radius 1 is 0.333 bits per heavy atom. The maximum Gasteiger partial charge on any atom is 0.407 e. The Bertz CT molecular complexity index is 902. The molecule has 0 saturated heterocycles. The van der Waals surface area contributed by atoms with Crippen LogP contribution in [0.3, 0.4) is 0 Å². The predicted molar refractivity (Wildman–Crippen MR) is 262 cm³/mol. The molecule has 3 N–H and O–H groups in total. The predicted octanol–water partition coefficient (Wildman–Crippen LogP) is 11.7. The zero-order valence-corrected chi connectivity index (χ0v) is 43.2. The number of unbranched alkanes of at least 4 members (excludes halogenated alkanes) is 33. The molecule has 0 saturated carbocycles. The summed E-state index contributed by atoms with van der Waals surface area (Å²) in [7, 11) is 5.82. The lowest BCUT2D eigenvalue weighted by Gasteiger charge is -2.44. The van der Waals surface area contributed by atoms with E-state index in [1.165, 1.54) is 193 Å². The van der Waals surface area contributed by atoms with E-state index in [9.17, 15) is 14.4 Å². The molecular formula is C52H105ClN4O6. The molecule has 0 aromatic rings. The molecule has 0 aromatic heterocycles. The van der Waals surface area contributed by atoms with Crippen LogP contribution in [0.15, 0.2) is 0 Å². The Hall–Kier alpha value is -1.94. The van der Waals surface area contributed by atoms with Crippen LogP contribution in [0, 0.1) is 0 Å². The molecular weight excluding hydrogens is 812 g/mol. The van der Waals surface area contributed by atoms with Gasteiger partial charge in [0.05, 0.1) is 21.1 Å². The van der Waals surface area contributed by atoms with E-state index in [1.54, 1.807) is 0 Å². The van der Waals surface area contributed by atoms with Crippen LogP contribution < -0.4 is 28.4 Å². The fourth-order valence-electron chi connectivity index (χ4n) is 7.93. The molecule has 0 aliphatic heterocycles. The third kappa shape index (κ3) is 41.2. The summed E-state index contributed by atoms with van der Waals surface area (Å²) in [5.41, 5.74) is -1.02. The first-order valence-electron chi connectivity index (χ1n) is 26.6. The van der Waals surface area contributed by atoms with Gasteiger partial charge in [0, 0.05) is 19.6 Å². The minimum Gasteiger partial charge on any atom is -1.00 e. The second-order valence-corrected chi connectivity index (χ2v) is 19.4. The molecule has 0 aliphatic carbocycles. The lowest BCUT2D eigenvalue weighted by Crippen LogP contribution is -3.00. The van der Waals surface area contributed by atoms with Gasteiger partial charge in [0.25, 0.3) is 0 Å². The van der Waals surface area contributed by atoms with E-state index in [0.717, 1.165) is 38.5 Å². The van der Waals surface area contributed by atoms with Gasteiger partial charge in [-0.2, -0.15) is 0 Å². The number of amides is 3. The van der Waals surface area contributed by atoms with Crippen molar-refractivity contribution in [2.45, 2.75) is 257 Å². The number of hydrogen-bond acceptors (Lipinski definition) is 6. The van der Waals surface area contributed by atoms with Crippen LogP contribution in [0.4, 0.5) is 14.4 Å². The largest absolute Gasteiger partial charge is 1.00 e. The SMILES string of the molecule is CCCCCCCCCCCCCCNC(=O)OCC(COC(=O)NCCCCCCCCCCCCCC)(COC(=O)NCCCCCCCCCCCCCC)[N+](C)(C)C.[Cl-]. The average Bonchev–Trinajstić information content (AvgIpc) is 3.25. The van der Waals surface area contributed by atoms with E-state index in [4.69, 9.17) is 14.2 Å². The summed E-state index contributed by atoms with van der Waals surface area (Å²) < 4.78 is 17.6. The van der Waals surface area contributed by atoms with E-state index in [1.807, 2.05) is 21.1 Å². The molecule has 0 aliphatic rings. The monoisotopic (exact) mass is 917 g/mol. The molecule has 376 valence electrons. The number of quaternary nitrogens is 1. The van der Waals surface area contributed by atoms with Crippen molar-refractivity contribution in [3.05, 3.63) is 0 Å². The normalized spacial score (nSPS) is 11.5. The molecule has 3 amide bonds. The number of nitrogens with one attached hydrogen (secondary N) is 3. The lowest BCUT2D eigenvalue weighted by molar-refractivity contribution is -0.925. The third-order valence-electron chi connectivity index (χ3n) is 12.7. The van der Waals surface area contributed by atoms with Crippen molar-refractivity contribution in [2.75, 3.05) is 60.6 Å². The van der Waals surface area contributed by atoms with Crippen molar-refractivity contribution in [3.8, 4) is 0 Å². The zero-order chi connectivity index (χ0) is 45.7. The van der Waals surface area contributed by atoms with Gasteiger partial charge in [-0.3, -0.25) is 0 Å². The molecule has 0 atom stereocenters. The average molecular weight is 918 g/mol. The van der Waals surface area contributed by atoms with E-state index in [0.29, 0.717) is 19.6 Å². The Morgan fingerprint density at radius 2 is 0.508 bits per heavy atom. The number of carbonyl (C=O) groups excluding carboxylic acids is 3. The molecule has 0 unspecified atom stereocenters. The second-order valence-electron chi connectivity index (χ2n) is 19.4. The molecule has 63 heavy (non-hydrogen) atoms. The van der Waals surface area contributed by atoms with Crippen LogP contribution in [-0.2, 0) is 14.2 Å². The highest BCUT2D eigenvalue weighted by Crippen LogP contribution is 2.22. The highest BCUT2D eigenvalue weighted by molar-refractivity contribution is 5.68. The van der Waals surface area contributed by atoms with Crippen molar-refractivity contribution < 1.29 is 45.5 Å². The first-order chi connectivity index (χ1) is 30.1. The van der Waals surface area contributed by atoms with Crippen LogP contribution in [0.5, 0.6) is 0 Å². The van der Waals surface area contributed by atoms with Gasteiger partial charge in [-0.15, -0.1) is 0 Å². The Labute approximate surface area is 396 Å². The number of ether oxygens (including phenoxy) is 3. The van der Waals surface area contributed by atoms with Gasteiger partial charge in [-0.25, -0.2) is 14.4 Å². The molecule has 0 heterocycles. The highest BCUT2D eigenvalue weighted by atomic mass is 35.5. The van der Waals surface area contributed by atoms with Crippen LogP contribution in [0.1, 0.15) is 252 Å². The van der Waals surface area contributed by atoms with E-state index in [-0.39, 0.29) is 36.7 Å². The van der Waals surface area contributed by atoms with Crippen LogP contribution >= 0.6 is 0 Å². The van der Waals surface area contributed by atoms with Gasteiger partial charge < -0.3 is 47.1 Å². The molecule has 0 spiro atoms. The number of nitrogens with zero attached hydrogens (tertiary/aromatic N) is 1. The molecule has 0 radical (unpaired) electrons. The molecule has 0 rings (SSSR count). The zero-order valence-electron chi connectivity index (χ0n) is 42.5. The summed E-state index contributed by atoms with van der Waals surface area (Å²) in [4.78, 5) is 38.7. The first kappa shape index (κ1) is 63.1. The minimum atomic E-state index is -1.02. The Balaban J connectivity index is 0. The van der Waals surface area contributed by atoms with Crippen molar-refractivity contribution in [1.82, 2.24) is 16.0 Å². The Morgan fingerprint density at radius 3 is 0.683 bits per heavy atom. The summed E-state index contributed by atoms with van der Waals surface area (Å²) in [6.07, 6.45) is 43.8. The van der Waals surface area contributed by atoms with Crippen molar-refractivity contribution in [1.29, 1.82) is 0 Å². The number of hydrogen-bond donors (Lipinski definition) is 3. The van der Waals surface area contributed by atoms with Crippen LogP contribution in [0.25, 0.3) is 0 Å². The van der Waals surface area contributed by atoms with Crippen molar-refractivity contribution >= 4 is 18.3 Å². The topological polar surface area (TPSA) is 115 Å². The molecule has 0 fully saturated rings. The smallest absolute Gasteiger partial charge is 0.407 e. The Kier molecular flexibility index (Phi) is 46.7. The van der Waals surface area contributed by atoms with Gasteiger partial charge in [-0.1, -0.05) is 233 Å². The quantitative estimate of drug-likeness (QED) is 0.0318. The van der Waals surface area contributed by atoms with Crippen molar-refractivity contribution in [3.63, 3.8) is 0 Å². The number of halogens is 1. The highest BCUT2D eigenvalue weighted by Gasteiger charge is 2.48. The van der Waals surface area contributed by atoms with Gasteiger partial charge in [0.15, 0.2) is 19.8 Å². The van der Waals surface area contributed by atoms with Crippen molar-refractivity contribution in [2.24, 2.45) is 0 Å². The summed E-state index contributed by atoms with van der Waals surface area (Å²) in [6, 6.07) is 0. The third-order valence-corrected chi connectivity index (χ3v) is 12.7. The lowest BCUT2D eigenvalue weighted by atomic mass is 9.99. The number of carbonyl (C=O) groups is 3. The fraction of sp³-hybridized carbons (Fsp3) is 0.942. The van der Waals surface area contributed by atoms with E-state index in [2.05, 4.69) is 36.7 Å². The fourth-order valence-corrected chi connectivity index (χ4v) is 7.93. The summed E-state index contributed by atoms with van der Waals surface area (Å²) >= 11 is 0. The molecule has 0 aromatic carbocycles. The van der Waals surface area contributed by atoms with Crippen LogP contribution in [0.2, 0.25) is 0 Å². The molecule has 0 bridgehead atoms. The van der Waals surface area contributed by atoms with E-state index >= 15 is 0 Å².